The molecule has 5 nitrogen and oxygen atoms in total. The third-order valence-corrected chi connectivity index (χ3v) is 3.21. The van der Waals surface area contributed by atoms with Gasteiger partial charge in [0.2, 0.25) is 0 Å². The van der Waals surface area contributed by atoms with Gasteiger partial charge in [-0.05, 0) is 35.0 Å². The van der Waals surface area contributed by atoms with E-state index >= 15 is 0 Å². The molecule has 3 heterocycles. The molecule has 0 aromatic carbocycles. The largest absolute Gasteiger partial charge is 0.351 e. The normalized spacial score (nSPS) is 10.8. The van der Waals surface area contributed by atoms with Crippen LogP contribution in [0.1, 0.15) is 6.92 Å². The lowest BCUT2D eigenvalue weighted by atomic mass is 10.3. The van der Waals surface area contributed by atoms with Gasteiger partial charge >= 0.3 is 0 Å². The van der Waals surface area contributed by atoms with E-state index in [2.05, 4.69) is 43.2 Å². The van der Waals surface area contributed by atoms with Crippen LogP contribution in [0.4, 0.5) is 11.4 Å². The standard InChI is InChI=1S/C13H12BrN5/c1-2-19-8-10(7-17-19)18-11-3-4-15-12-5-9(14)6-16-13(11)12/h3-8H,2H2,1H3,(H,15,18). The molecule has 0 saturated heterocycles. The van der Waals surface area contributed by atoms with Crippen LogP contribution < -0.4 is 5.32 Å². The number of aromatic nitrogens is 4. The van der Waals surface area contributed by atoms with Crippen molar-refractivity contribution in [3.8, 4) is 0 Å². The molecule has 0 aliphatic heterocycles. The van der Waals surface area contributed by atoms with Gasteiger partial charge in [-0.1, -0.05) is 0 Å². The van der Waals surface area contributed by atoms with Crippen molar-refractivity contribution < 1.29 is 0 Å². The molecule has 0 atom stereocenters. The Balaban J connectivity index is 2.00. The van der Waals surface area contributed by atoms with Crippen molar-refractivity contribution in [3.63, 3.8) is 0 Å². The summed E-state index contributed by atoms with van der Waals surface area (Å²) in [7, 11) is 0. The van der Waals surface area contributed by atoms with Gasteiger partial charge in [-0.3, -0.25) is 14.6 Å². The van der Waals surface area contributed by atoms with Crippen molar-refractivity contribution >= 4 is 38.3 Å². The number of nitrogens with zero attached hydrogens (tertiary/aromatic N) is 4. The zero-order valence-electron chi connectivity index (χ0n) is 10.3. The van der Waals surface area contributed by atoms with Crippen LogP contribution in [0, 0.1) is 0 Å². The number of hydrogen-bond acceptors (Lipinski definition) is 4. The Hall–Kier alpha value is -1.95. The zero-order chi connectivity index (χ0) is 13.2. The Morgan fingerprint density at radius 1 is 1.32 bits per heavy atom. The SMILES string of the molecule is CCn1cc(Nc2ccnc3cc(Br)cnc23)cn1. The van der Waals surface area contributed by atoms with Crippen molar-refractivity contribution in [2.75, 3.05) is 5.32 Å². The maximum absolute atomic E-state index is 4.40. The summed E-state index contributed by atoms with van der Waals surface area (Å²) in [5.41, 5.74) is 3.56. The fourth-order valence-corrected chi connectivity index (χ4v) is 2.18. The first-order valence-electron chi connectivity index (χ1n) is 5.96. The fourth-order valence-electron chi connectivity index (χ4n) is 1.86. The molecule has 0 spiro atoms. The highest BCUT2D eigenvalue weighted by molar-refractivity contribution is 9.10. The van der Waals surface area contributed by atoms with Gasteiger partial charge in [0.15, 0.2) is 0 Å². The third kappa shape index (κ3) is 2.44. The first-order valence-corrected chi connectivity index (χ1v) is 6.75. The molecule has 96 valence electrons. The van der Waals surface area contributed by atoms with Crippen molar-refractivity contribution in [3.05, 3.63) is 41.4 Å². The molecule has 19 heavy (non-hydrogen) atoms. The Labute approximate surface area is 118 Å². The van der Waals surface area contributed by atoms with E-state index in [9.17, 15) is 0 Å². The summed E-state index contributed by atoms with van der Waals surface area (Å²) in [4.78, 5) is 8.72. The monoisotopic (exact) mass is 317 g/mol. The Kier molecular flexibility index (Phi) is 3.16. The molecular formula is C13H12BrN5. The number of aryl methyl sites for hydroxylation is 1. The third-order valence-electron chi connectivity index (χ3n) is 2.78. The molecule has 1 N–H and O–H groups in total. The number of nitrogens with one attached hydrogen (secondary N) is 1. The predicted octanol–water partition coefficient (Wildman–Crippen LogP) is 3.35. The van der Waals surface area contributed by atoms with Gasteiger partial charge in [-0.25, -0.2) is 0 Å². The molecule has 0 bridgehead atoms. The summed E-state index contributed by atoms with van der Waals surface area (Å²) in [6, 6.07) is 3.86. The highest BCUT2D eigenvalue weighted by Crippen LogP contribution is 2.24. The number of halogens is 1. The fraction of sp³-hybridized carbons (Fsp3) is 0.154. The van der Waals surface area contributed by atoms with Gasteiger partial charge in [0.25, 0.3) is 0 Å². The maximum Gasteiger partial charge on any atom is 0.112 e. The number of fused-ring (bicyclic) bond motifs is 1. The van der Waals surface area contributed by atoms with Crippen LogP contribution in [-0.2, 0) is 6.54 Å². The number of anilines is 2. The van der Waals surface area contributed by atoms with Crippen LogP contribution in [-0.4, -0.2) is 19.7 Å². The van der Waals surface area contributed by atoms with Gasteiger partial charge in [0.1, 0.15) is 5.52 Å². The van der Waals surface area contributed by atoms with E-state index in [0.29, 0.717) is 0 Å². The second-order valence-corrected chi connectivity index (χ2v) is 5.01. The molecule has 0 radical (unpaired) electrons. The Morgan fingerprint density at radius 2 is 2.21 bits per heavy atom. The lowest BCUT2D eigenvalue weighted by Gasteiger charge is -2.06. The maximum atomic E-state index is 4.40. The summed E-state index contributed by atoms with van der Waals surface area (Å²) in [6.07, 6.45) is 7.30. The molecule has 0 unspecified atom stereocenters. The summed E-state index contributed by atoms with van der Waals surface area (Å²) < 4.78 is 2.79. The van der Waals surface area contributed by atoms with Crippen molar-refractivity contribution in [2.24, 2.45) is 0 Å². The molecule has 3 rings (SSSR count). The molecule has 0 fully saturated rings. The molecular weight excluding hydrogens is 306 g/mol. The summed E-state index contributed by atoms with van der Waals surface area (Å²) in [5, 5.41) is 7.56. The summed E-state index contributed by atoms with van der Waals surface area (Å²) in [5.74, 6) is 0. The van der Waals surface area contributed by atoms with E-state index in [1.165, 1.54) is 0 Å². The summed E-state index contributed by atoms with van der Waals surface area (Å²) >= 11 is 3.40. The van der Waals surface area contributed by atoms with Gasteiger partial charge in [0, 0.05) is 29.6 Å². The van der Waals surface area contributed by atoms with Crippen LogP contribution in [0.3, 0.4) is 0 Å². The average Bonchev–Trinajstić information content (AvgIpc) is 2.86. The minimum absolute atomic E-state index is 0.843. The average molecular weight is 318 g/mol. The number of pyridine rings is 2. The Bertz CT molecular complexity index is 722. The van der Waals surface area contributed by atoms with Gasteiger partial charge in [-0.2, -0.15) is 5.10 Å². The van der Waals surface area contributed by atoms with E-state index < -0.39 is 0 Å². The van der Waals surface area contributed by atoms with Gasteiger partial charge < -0.3 is 5.32 Å². The molecule has 0 amide bonds. The second kappa shape index (κ2) is 4.97. The number of rotatable bonds is 3. The van der Waals surface area contributed by atoms with Crippen molar-refractivity contribution in [2.45, 2.75) is 13.5 Å². The number of hydrogen-bond donors (Lipinski definition) is 1. The zero-order valence-corrected chi connectivity index (χ0v) is 11.9. The van der Waals surface area contributed by atoms with Crippen LogP contribution in [0.15, 0.2) is 41.4 Å². The van der Waals surface area contributed by atoms with E-state index in [0.717, 1.165) is 33.4 Å². The van der Waals surface area contributed by atoms with Gasteiger partial charge in [0.05, 0.1) is 23.1 Å². The van der Waals surface area contributed by atoms with E-state index in [1.807, 2.05) is 23.0 Å². The van der Waals surface area contributed by atoms with E-state index in [-0.39, 0.29) is 0 Å². The minimum Gasteiger partial charge on any atom is -0.351 e. The molecule has 0 aliphatic rings. The van der Waals surface area contributed by atoms with E-state index in [1.54, 1.807) is 18.6 Å². The molecule has 0 saturated carbocycles. The van der Waals surface area contributed by atoms with Crippen LogP contribution in [0.2, 0.25) is 0 Å². The summed E-state index contributed by atoms with van der Waals surface area (Å²) in [6.45, 7) is 2.90. The predicted molar refractivity (Wildman–Crippen MR) is 78.4 cm³/mol. The first-order chi connectivity index (χ1) is 9.26. The highest BCUT2D eigenvalue weighted by atomic mass is 79.9. The van der Waals surface area contributed by atoms with Crippen molar-refractivity contribution in [1.29, 1.82) is 0 Å². The molecule has 6 heteroatoms. The van der Waals surface area contributed by atoms with Gasteiger partial charge in [-0.15, -0.1) is 0 Å². The molecule has 3 aromatic heterocycles. The topological polar surface area (TPSA) is 55.6 Å². The second-order valence-electron chi connectivity index (χ2n) is 4.09. The quantitative estimate of drug-likeness (QED) is 0.804. The molecule has 0 aliphatic carbocycles. The van der Waals surface area contributed by atoms with Crippen LogP contribution >= 0.6 is 15.9 Å². The highest BCUT2D eigenvalue weighted by Gasteiger charge is 2.05. The van der Waals surface area contributed by atoms with Crippen molar-refractivity contribution in [1.82, 2.24) is 19.7 Å². The molecule has 3 aromatic rings. The first kappa shape index (κ1) is 12.1. The van der Waals surface area contributed by atoms with Crippen LogP contribution in [0.25, 0.3) is 11.0 Å². The minimum atomic E-state index is 0.843. The smallest absolute Gasteiger partial charge is 0.112 e. The lowest BCUT2D eigenvalue weighted by molar-refractivity contribution is 0.660. The van der Waals surface area contributed by atoms with Crippen LogP contribution in [0.5, 0.6) is 0 Å². The Morgan fingerprint density at radius 3 is 3.00 bits per heavy atom. The lowest BCUT2D eigenvalue weighted by Crippen LogP contribution is -1.94. The van der Waals surface area contributed by atoms with E-state index in [4.69, 9.17) is 0 Å².